The number of benzene rings is 1. The molecule has 4 amide bonds. The average molecular weight is 698 g/mol. The Hall–Kier alpha value is -4.40. The van der Waals surface area contributed by atoms with Crippen LogP contribution >= 0.6 is 0 Å². The number of aromatic hydroxyl groups is 1. The Labute approximate surface area is 284 Å². The molecule has 1 saturated heterocycles. The monoisotopic (exact) mass is 697 g/mol. The molecule has 3 fully saturated rings. The molecule has 14 nitrogen and oxygen atoms in total. The first-order chi connectivity index (χ1) is 23.1. The number of hydrogen-bond donors (Lipinski definition) is 5. The van der Waals surface area contributed by atoms with Gasteiger partial charge in [0.15, 0.2) is 0 Å². The van der Waals surface area contributed by atoms with Gasteiger partial charge in [-0.2, -0.15) is 0 Å². The lowest BCUT2D eigenvalue weighted by atomic mass is 9.88. The SMILES string of the molecule is C[C@@H]1CCC=C[C@@H]2C[C@@]2(C(=O)NS(=O)(=O)C2(C)CC2)NC(=O)[C@@H]2C[C@@H](Oc3ncc(O)c4ccccc34)CN2C(=O)[C@@H](NC(=O)O)[C@H](C)C1. The van der Waals surface area contributed by atoms with E-state index in [1.807, 2.05) is 19.1 Å². The number of sulfonamides is 1. The molecule has 0 unspecified atom stereocenters. The van der Waals surface area contributed by atoms with Gasteiger partial charge < -0.3 is 30.5 Å². The molecule has 3 heterocycles. The first kappa shape index (κ1) is 34.5. The average Bonchev–Trinajstić information content (AvgIpc) is 3.92. The molecule has 2 saturated carbocycles. The fraction of sp³-hybridized carbons (Fsp3) is 0.559. The van der Waals surface area contributed by atoms with Gasteiger partial charge in [0.1, 0.15) is 29.5 Å². The van der Waals surface area contributed by atoms with Crippen molar-refractivity contribution in [2.75, 3.05) is 6.54 Å². The van der Waals surface area contributed by atoms with Crippen molar-refractivity contribution in [3.8, 4) is 11.6 Å². The summed E-state index contributed by atoms with van der Waals surface area (Å²) >= 11 is 0. The highest BCUT2D eigenvalue weighted by Gasteiger charge is 2.63. The first-order valence-corrected chi connectivity index (χ1v) is 18.2. The number of ether oxygens (including phenoxy) is 1. The van der Waals surface area contributed by atoms with Gasteiger partial charge in [-0.15, -0.1) is 0 Å². The highest BCUT2D eigenvalue weighted by Crippen LogP contribution is 2.47. The lowest BCUT2D eigenvalue weighted by Crippen LogP contribution is -2.59. The van der Waals surface area contributed by atoms with E-state index in [1.54, 1.807) is 38.1 Å². The number of fused-ring (bicyclic) bond motifs is 3. The third kappa shape index (κ3) is 6.77. The molecular weight excluding hydrogens is 654 g/mol. The van der Waals surface area contributed by atoms with Gasteiger partial charge in [-0.05, 0) is 63.4 Å². The van der Waals surface area contributed by atoms with Crippen LogP contribution in [0.2, 0.25) is 0 Å². The van der Waals surface area contributed by atoms with Crippen molar-refractivity contribution in [2.45, 2.75) is 94.2 Å². The number of carbonyl (C=O) groups is 4. The zero-order valence-electron chi connectivity index (χ0n) is 27.7. The van der Waals surface area contributed by atoms with E-state index in [2.05, 4.69) is 20.3 Å². The molecule has 15 heteroatoms. The van der Waals surface area contributed by atoms with Gasteiger partial charge in [-0.25, -0.2) is 18.2 Å². The number of pyridine rings is 1. The zero-order valence-corrected chi connectivity index (χ0v) is 28.5. The van der Waals surface area contributed by atoms with E-state index in [0.29, 0.717) is 36.5 Å². The second-order valence-corrected chi connectivity index (χ2v) is 16.6. The number of carboxylic acid groups (broad SMARTS) is 1. The van der Waals surface area contributed by atoms with Crippen molar-refractivity contribution in [1.82, 2.24) is 25.2 Å². The summed E-state index contributed by atoms with van der Waals surface area (Å²) in [6.07, 6.45) is 5.76. The van der Waals surface area contributed by atoms with E-state index in [9.17, 15) is 37.8 Å². The fourth-order valence-electron chi connectivity index (χ4n) is 7.13. The molecule has 2 aliphatic heterocycles. The van der Waals surface area contributed by atoms with E-state index in [0.717, 1.165) is 6.42 Å². The second-order valence-electron chi connectivity index (χ2n) is 14.4. The standard InChI is InChI=1S/C34H43N5O9S/c1-19-8-4-5-9-21-16-34(21,31(43)38-49(46,47)33(3)12-13-33)37-28(41)25-15-22(18-39(25)30(42)27(20(2)14-19)36-32(44)45)48-29-24-11-7-6-10-23(24)26(40)17-35-29/h5-7,9-11,17,19-22,25,27,36,40H,4,8,12-16,18H2,1-3H3,(H,37,41)(H,38,43)(H,44,45)/t19-,20-,21-,22-,25+,27+,34-/m1/s1. The van der Waals surface area contributed by atoms with Crippen molar-refractivity contribution >= 4 is 44.6 Å². The van der Waals surface area contributed by atoms with E-state index < -0.39 is 74.1 Å². The highest BCUT2D eigenvalue weighted by molar-refractivity contribution is 7.91. The Morgan fingerprint density at radius 2 is 1.84 bits per heavy atom. The fourth-order valence-corrected chi connectivity index (χ4v) is 8.45. The maximum atomic E-state index is 14.3. The Balaban J connectivity index is 1.34. The summed E-state index contributed by atoms with van der Waals surface area (Å²) < 4.78 is 33.5. The van der Waals surface area contributed by atoms with Crippen molar-refractivity contribution < 1.29 is 42.5 Å². The maximum Gasteiger partial charge on any atom is 0.405 e. The van der Waals surface area contributed by atoms with E-state index in [-0.39, 0.29) is 36.9 Å². The van der Waals surface area contributed by atoms with Crippen LogP contribution in [0.15, 0.2) is 42.6 Å². The predicted octanol–water partition coefficient (Wildman–Crippen LogP) is 2.81. The number of rotatable bonds is 6. The van der Waals surface area contributed by atoms with Crippen LogP contribution < -0.4 is 20.1 Å². The maximum absolute atomic E-state index is 14.3. The molecule has 6 rings (SSSR count). The Morgan fingerprint density at radius 1 is 1.12 bits per heavy atom. The van der Waals surface area contributed by atoms with Crippen molar-refractivity contribution in [3.63, 3.8) is 0 Å². The number of amides is 4. The molecule has 2 aliphatic carbocycles. The molecule has 2 aromatic rings. The number of nitrogens with zero attached hydrogens (tertiary/aromatic N) is 2. The number of aromatic nitrogens is 1. The lowest BCUT2D eigenvalue weighted by molar-refractivity contribution is -0.142. The summed E-state index contributed by atoms with van der Waals surface area (Å²) in [5.74, 6) is -2.76. The van der Waals surface area contributed by atoms with Crippen LogP contribution in [0.3, 0.4) is 0 Å². The quantitative estimate of drug-likeness (QED) is 0.279. The van der Waals surface area contributed by atoms with Crippen molar-refractivity contribution in [2.24, 2.45) is 17.8 Å². The van der Waals surface area contributed by atoms with E-state index in [4.69, 9.17) is 4.74 Å². The van der Waals surface area contributed by atoms with Crippen LogP contribution in [-0.2, 0) is 24.4 Å². The van der Waals surface area contributed by atoms with Crippen LogP contribution in [0.25, 0.3) is 10.8 Å². The molecule has 1 aromatic carbocycles. The van der Waals surface area contributed by atoms with Gasteiger partial charge in [-0.1, -0.05) is 44.2 Å². The summed E-state index contributed by atoms with van der Waals surface area (Å²) in [5, 5.41) is 26.2. The van der Waals surface area contributed by atoms with Crippen LogP contribution in [0, 0.1) is 17.8 Å². The smallest absolute Gasteiger partial charge is 0.405 e. The summed E-state index contributed by atoms with van der Waals surface area (Å²) in [5.41, 5.74) is -1.55. The van der Waals surface area contributed by atoms with Crippen molar-refractivity contribution in [3.05, 3.63) is 42.6 Å². The highest BCUT2D eigenvalue weighted by atomic mass is 32.2. The van der Waals surface area contributed by atoms with Crippen LogP contribution in [0.4, 0.5) is 4.79 Å². The molecule has 0 bridgehead atoms. The normalized spacial score (nSPS) is 31.4. The zero-order chi connectivity index (χ0) is 35.3. The molecule has 1 aromatic heterocycles. The molecule has 264 valence electrons. The number of allylic oxidation sites excluding steroid dienone is 1. The third-order valence-electron chi connectivity index (χ3n) is 10.5. The van der Waals surface area contributed by atoms with E-state index in [1.165, 1.54) is 11.1 Å². The minimum absolute atomic E-state index is 0.0202. The van der Waals surface area contributed by atoms with Gasteiger partial charge >= 0.3 is 6.09 Å². The molecule has 5 N–H and O–H groups in total. The molecule has 0 spiro atoms. The van der Waals surface area contributed by atoms with E-state index >= 15 is 0 Å². The summed E-state index contributed by atoms with van der Waals surface area (Å²) in [6.45, 7) is 5.29. The molecular formula is C34H43N5O9S. The second kappa shape index (κ2) is 12.8. The van der Waals surface area contributed by atoms with Gasteiger partial charge in [0.2, 0.25) is 27.7 Å². The van der Waals surface area contributed by atoms with Gasteiger partial charge in [0.05, 0.1) is 17.5 Å². The van der Waals surface area contributed by atoms with Gasteiger partial charge in [0, 0.05) is 23.1 Å². The van der Waals surface area contributed by atoms with Gasteiger partial charge in [-0.3, -0.25) is 19.1 Å². The molecule has 7 atom stereocenters. The Kier molecular flexibility index (Phi) is 9.01. The van der Waals surface area contributed by atoms with Crippen LogP contribution in [0.5, 0.6) is 11.6 Å². The Bertz CT molecular complexity index is 1810. The first-order valence-electron chi connectivity index (χ1n) is 16.7. The largest absolute Gasteiger partial charge is 0.506 e. The molecule has 4 aliphatic rings. The summed E-state index contributed by atoms with van der Waals surface area (Å²) in [7, 11) is -4.00. The topological polar surface area (TPSA) is 204 Å². The Morgan fingerprint density at radius 3 is 2.53 bits per heavy atom. The predicted molar refractivity (Wildman–Crippen MR) is 178 cm³/mol. The number of hydrogen-bond acceptors (Lipinski definition) is 9. The summed E-state index contributed by atoms with van der Waals surface area (Å²) in [6, 6.07) is 4.58. The minimum Gasteiger partial charge on any atom is -0.506 e. The van der Waals surface area contributed by atoms with Crippen LogP contribution in [0.1, 0.15) is 65.7 Å². The van der Waals surface area contributed by atoms with Crippen molar-refractivity contribution in [1.29, 1.82) is 0 Å². The molecule has 49 heavy (non-hydrogen) atoms. The van der Waals surface area contributed by atoms with Gasteiger partial charge in [0.25, 0.3) is 5.91 Å². The van der Waals surface area contributed by atoms with Crippen LogP contribution in [-0.4, -0.2) is 87.3 Å². The summed E-state index contributed by atoms with van der Waals surface area (Å²) in [4.78, 5) is 59.7. The number of carbonyl (C=O) groups excluding carboxylic acids is 3. The molecule has 0 radical (unpaired) electrons. The minimum atomic E-state index is -4.00. The third-order valence-corrected chi connectivity index (χ3v) is 12.7. The number of nitrogens with one attached hydrogen (secondary N) is 3. The lowest BCUT2D eigenvalue weighted by Gasteiger charge is -2.32.